The van der Waals surface area contributed by atoms with E-state index < -0.39 is 39.2 Å². The van der Waals surface area contributed by atoms with Gasteiger partial charge in [0.2, 0.25) is 10.0 Å². The molecular formula is C28H35FN4O8S. The number of hydrogen-bond acceptors (Lipinski definition) is 9. The second kappa shape index (κ2) is 13.6. The van der Waals surface area contributed by atoms with E-state index >= 15 is 0 Å². The first-order valence-electron chi connectivity index (χ1n) is 13.1. The molecule has 228 valence electrons. The van der Waals surface area contributed by atoms with E-state index in [1.807, 2.05) is 0 Å². The van der Waals surface area contributed by atoms with Crippen molar-refractivity contribution >= 4 is 38.8 Å². The number of fused-ring (bicyclic) bond motifs is 1. The summed E-state index contributed by atoms with van der Waals surface area (Å²) in [4.78, 5) is 32.0. The lowest BCUT2D eigenvalue weighted by Gasteiger charge is -2.21. The summed E-state index contributed by atoms with van der Waals surface area (Å²) in [5.74, 6) is -1.98. The van der Waals surface area contributed by atoms with Gasteiger partial charge in [-0.3, -0.25) is 9.29 Å². The molecule has 0 saturated carbocycles. The molecule has 1 amide bonds. The number of alkyl carbamates (subject to hydrolysis) is 1. The van der Waals surface area contributed by atoms with Crippen molar-refractivity contribution < 1.29 is 41.7 Å². The smallest absolute Gasteiger partial charge is 0.407 e. The van der Waals surface area contributed by atoms with Gasteiger partial charge in [-0.15, -0.1) is 0 Å². The van der Waals surface area contributed by atoms with Crippen LogP contribution in [0, 0.1) is 5.82 Å². The number of pyridine rings is 2. The number of sulfonamides is 1. The molecule has 3 aromatic rings. The molecule has 2 N–H and O–H groups in total. The summed E-state index contributed by atoms with van der Waals surface area (Å²) in [6, 6.07) is 7.17. The molecule has 2 heterocycles. The lowest BCUT2D eigenvalue weighted by atomic mass is 10.2. The molecule has 0 atom stereocenters. The normalized spacial score (nSPS) is 11.7. The minimum Gasteiger partial charge on any atom is -0.493 e. The van der Waals surface area contributed by atoms with Crippen LogP contribution in [0.25, 0.3) is 10.9 Å². The van der Waals surface area contributed by atoms with Crippen molar-refractivity contribution in [1.82, 2.24) is 15.3 Å². The summed E-state index contributed by atoms with van der Waals surface area (Å²) in [5, 5.41) is 12.5. The Labute approximate surface area is 243 Å². The molecular weight excluding hydrogens is 571 g/mol. The number of benzene rings is 1. The Morgan fingerprint density at radius 3 is 2.55 bits per heavy atom. The van der Waals surface area contributed by atoms with E-state index in [0.29, 0.717) is 23.8 Å². The number of unbranched alkanes of at least 4 members (excludes halogenated alkanes) is 2. The Hall–Kier alpha value is -4.20. The number of aromatic nitrogens is 2. The summed E-state index contributed by atoms with van der Waals surface area (Å²) >= 11 is 0. The average Bonchev–Trinajstić information content (AvgIpc) is 2.92. The topological polar surface area (TPSA) is 157 Å². The monoisotopic (exact) mass is 606 g/mol. The highest BCUT2D eigenvalue weighted by Crippen LogP contribution is 2.34. The van der Waals surface area contributed by atoms with Crippen LogP contribution in [-0.2, 0) is 21.3 Å². The fraction of sp³-hybridized carbons (Fsp3) is 0.429. The number of nitrogens with one attached hydrogen (secondary N) is 1. The number of amides is 1. The molecule has 2 aromatic heterocycles. The molecule has 0 fully saturated rings. The lowest BCUT2D eigenvalue weighted by molar-refractivity contribution is 0.0522. The Balaban J connectivity index is 1.59. The van der Waals surface area contributed by atoms with Gasteiger partial charge < -0.3 is 24.6 Å². The van der Waals surface area contributed by atoms with Crippen LogP contribution in [0.2, 0.25) is 0 Å². The quantitative estimate of drug-likeness (QED) is 0.265. The van der Waals surface area contributed by atoms with E-state index in [1.165, 1.54) is 38.6 Å². The molecule has 0 aliphatic carbocycles. The Morgan fingerprint density at radius 1 is 1.14 bits per heavy atom. The number of ether oxygens (including phenoxy) is 3. The molecule has 0 aliphatic rings. The third kappa shape index (κ3) is 8.41. The van der Waals surface area contributed by atoms with Gasteiger partial charge in [-0.05, 0) is 58.2 Å². The fourth-order valence-electron chi connectivity index (χ4n) is 3.98. The molecule has 0 saturated heterocycles. The zero-order chi connectivity index (χ0) is 31.1. The van der Waals surface area contributed by atoms with Crippen molar-refractivity contribution in [3.8, 4) is 11.5 Å². The predicted octanol–water partition coefficient (Wildman–Crippen LogP) is 4.52. The van der Waals surface area contributed by atoms with Gasteiger partial charge in [-0.1, -0.05) is 6.07 Å². The number of carboxylic acid groups (broad SMARTS) is 1. The maximum absolute atomic E-state index is 13.8. The van der Waals surface area contributed by atoms with E-state index in [0.717, 1.165) is 4.31 Å². The number of nitrogens with zero attached hydrogens (tertiary/aromatic N) is 3. The molecule has 42 heavy (non-hydrogen) atoms. The van der Waals surface area contributed by atoms with Crippen LogP contribution in [0.3, 0.4) is 0 Å². The molecule has 0 radical (unpaired) electrons. The van der Waals surface area contributed by atoms with Gasteiger partial charge in [0, 0.05) is 36.8 Å². The van der Waals surface area contributed by atoms with E-state index in [2.05, 4.69) is 15.3 Å². The van der Waals surface area contributed by atoms with Crippen molar-refractivity contribution in [2.45, 2.75) is 52.2 Å². The zero-order valence-corrected chi connectivity index (χ0v) is 25.0. The van der Waals surface area contributed by atoms with Crippen LogP contribution in [0.15, 0.2) is 36.5 Å². The maximum Gasteiger partial charge on any atom is 0.407 e. The van der Waals surface area contributed by atoms with Crippen LogP contribution in [0.1, 0.15) is 56.1 Å². The number of rotatable bonds is 13. The summed E-state index contributed by atoms with van der Waals surface area (Å²) in [5.41, 5.74) is -0.372. The molecule has 0 spiro atoms. The molecule has 0 aliphatic heterocycles. The summed E-state index contributed by atoms with van der Waals surface area (Å²) < 4.78 is 57.2. The van der Waals surface area contributed by atoms with Crippen molar-refractivity contribution in [2.24, 2.45) is 0 Å². The van der Waals surface area contributed by atoms with Crippen molar-refractivity contribution in [3.63, 3.8) is 0 Å². The third-order valence-corrected chi connectivity index (χ3v) is 7.79. The largest absolute Gasteiger partial charge is 0.493 e. The van der Waals surface area contributed by atoms with Gasteiger partial charge in [0.1, 0.15) is 22.7 Å². The molecule has 0 unspecified atom stereocenters. The summed E-state index contributed by atoms with van der Waals surface area (Å²) in [6.07, 6.45) is 2.07. The third-order valence-electron chi connectivity index (χ3n) is 5.97. The van der Waals surface area contributed by atoms with Crippen LogP contribution in [0.5, 0.6) is 11.5 Å². The van der Waals surface area contributed by atoms with Gasteiger partial charge in [0.05, 0.1) is 19.5 Å². The first kappa shape index (κ1) is 32.3. The number of anilines is 1. The number of halogens is 1. The number of carbonyl (C=O) groups excluding carboxylic acids is 1. The molecule has 3 rings (SSSR count). The van der Waals surface area contributed by atoms with Crippen LogP contribution >= 0.6 is 0 Å². The maximum atomic E-state index is 13.8. The summed E-state index contributed by atoms with van der Waals surface area (Å²) in [7, 11) is -1.28. The zero-order valence-electron chi connectivity index (χ0n) is 24.1. The van der Waals surface area contributed by atoms with Gasteiger partial charge >= 0.3 is 12.1 Å². The second-order valence-electron chi connectivity index (χ2n) is 10.3. The number of methoxy groups -OCH3 is 1. The van der Waals surface area contributed by atoms with Gasteiger partial charge in [-0.25, -0.2) is 27.4 Å². The Morgan fingerprint density at radius 2 is 1.88 bits per heavy atom. The second-order valence-corrected chi connectivity index (χ2v) is 12.4. The first-order valence-corrected chi connectivity index (χ1v) is 14.7. The SMILES string of the molecule is COc1c(C(=O)O)nc(N(C)S(=O)(=O)CCCCCOc2cc(F)ccc2CNC(=O)OC(C)(C)C)c2cccnc12. The van der Waals surface area contributed by atoms with Crippen LogP contribution in [0.4, 0.5) is 15.0 Å². The highest BCUT2D eigenvalue weighted by Gasteiger charge is 2.27. The Kier molecular flexibility index (Phi) is 10.5. The van der Waals surface area contributed by atoms with Crippen LogP contribution in [-0.4, -0.2) is 67.7 Å². The highest BCUT2D eigenvalue weighted by atomic mass is 32.2. The molecule has 14 heteroatoms. The first-order chi connectivity index (χ1) is 19.7. The van der Waals surface area contributed by atoms with Crippen LogP contribution < -0.4 is 19.1 Å². The number of hydrogen-bond donors (Lipinski definition) is 2. The average molecular weight is 607 g/mol. The number of carboxylic acids is 1. The van der Waals surface area contributed by atoms with Gasteiger partial charge in [0.15, 0.2) is 17.3 Å². The minimum absolute atomic E-state index is 0.0604. The number of aromatic carboxylic acids is 1. The fourth-order valence-corrected chi connectivity index (χ4v) is 5.22. The van der Waals surface area contributed by atoms with Crippen molar-refractivity contribution in [3.05, 3.63) is 53.6 Å². The molecule has 12 nitrogen and oxygen atoms in total. The standard InChI is InChI=1S/C28H35FN4O8S/c1-28(2,3)41-27(36)31-17-18-11-12-19(29)16-21(18)40-14-7-6-8-15-42(37,38)33(4)25-20-10-9-13-30-22(20)24(39-5)23(32-25)26(34)35/h9-13,16H,6-8,14-15,17H2,1-5H3,(H,31,36)(H,34,35). The van der Waals surface area contributed by atoms with E-state index in [-0.39, 0.29) is 48.2 Å². The Bertz CT molecular complexity index is 1540. The lowest BCUT2D eigenvalue weighted by Crippen LogP contribution is -2.32. The summed E-state index contributed by atoms with van der Waals surface area (Å²) in [6.45, 7) is 5.49. The number of carbonyl (C=O) groups is 2. The van der Waals surface area contributed by atoms with E-state index in [4.69, 9.17) is 14.2 Å². The predicted molar refractivity (Wildman–Crippen MR) is 154 cm³/mol. The van der Waals surface area contributed by atoms with Gasteiger partial charge in [-0.2, -0.15) is 0 Å². The van der Waals surface area contributed by atoms with E-state index in [9.17, 15) is 27.5 Å². The molecule has 0 bridgehead atoms. The van der Waals surface area contributed by atoms with Crippen molar-refractivity contribution in [1.29, 1.82) is 0 Å². The van der Waals surface area contributed by atoms with E-state index in [1.54, 1.807) is 32.9 Å². The van der Waals surface area contributed by atoms with Gasteiger partial charge in [0.25, 0.3) is 0 Å². The van der Waals surface area contributed by atoms with Crippen molar-refractivity contribution in [2.75, 3.05) is 30.8 Å². The highest BCUT2D eigenvalue weighted by molar-refractivity contribution is 7.92. The molecule has 1 aromatic carbocycles. The minimum atomic E-state index is -3.88.